The lowest BCUT2D eigenvalue weighted by molar-refractivity contribution is 0.102. The molecule has 0 spiro atoms. The molecule has 1 atom stereocenters. The number of nitrogens with zero attached hydrogens (tertiary/aromatic N) is 5. The van der Waals surface area contributed by atoms with Crippen LogP contribution in [0.25, 0.3) is 22.4 Å². The molecule has 0 saturated carbocycles. The van der Waals surface area contributed by atoms with Crippen molar-refractivity contribution >= 4 is 54.1 Å². The second-order valence-corrected chi connectivity index (χ2v) is 7.76. The van der Waals surface area contributed by atoms with Crippen molar-refractivity contribution in [1.29, 1.82) is 0 Å². The predicted octanol–water partition coefficient (Wildman–Crippen LogP) is 3.29. The molecule has 0 aliphatic carbocycles. The fraction of sp³-hybridized carbons (Fsp3) is 0.273. The number of pyridine rings is 1. The van der Waals surface area contributed by atoms with Gasteiger partial charge < -0.3 is 19.7 Å². The standard InChI is InChI=1S/C22H22N6O3.ClH.H2S/c1-13-7-14(3-5-23-13)22-26-18(12-31-22)21(30)25-17-9-19-15(10-24-27(19)2)8-20(17)28-6-4-16(29)11-28;;/h3,5,7-10,12,16,29H,4,6,11H2,1-2H3,(H,25,30);1H;1H2/t16-;;/m0../s1. The topological polar surface area (TPSA) is 109 Å². The van der Waals surface area contributed by atoms with Crippen molar-refractivity contribution in [1.82, 2.24) is 19.7 Å². The Kier molecular flexibility index (Phi) is 7.31. The van der Waals surface area contributed by atoms with Gasteiger partial charge >= 0.3 is 0 Å². The molecule has 4 aromatic rings. The van der Waals surface area contributed by atoms with Crippen LogP contribution >= 0.6 is 25.9 Å². The Balaban J connectivity index is 0.00000153. The summed E-state index contributed by atoms with van der Waals surface area (Å²) in [5.74, 6) is -0.0103. The molecule has 1 aliphatic rings. The van der Waals surface area contributed by atoms with Gasteiger partial charge in [0, 0.05) is 43.0 Å². The van der Waals surface area contributed by atoms with E-state index in [2.05, 4.69) is 25.3 Å². The van der Waals surface area contributed by atoms with Gasteiger partial charge in [-0.25, -0.2) is 4.98 Å². The van der Waals surface area contributed by atoms with E-state index in [1.54, 1.807) is 23.1 Å². The number of anilines is 2. The molecule has 1 aliphatic heterocycles. The van der Waals surface area contributed by atoms with Gasteiger partial charge in [-0.1, -0.05) is 0 Å². The number of amides is 1. The molecule has 1 aromatic carbocycles. The van der Waals surface area contributed by atoms with Gasteiger partial charge in [0.25, 0.3) is 5.91 Å². The lowest BCUT2D eigenvalue weighted by Crippen LogP contribution is -2.23. The quantitative estimate of drug-likeness (QED) is 0.453. The summed E-state index contributed by atoms with van der Waals surface area (Å²) in [5, 5.41) is 18.2. The van der Waals surface area contributed by atoms with Crippen LogP contribution in [0.4, 0.5) is 11.4 Å². The van der Waals surface area contributed by atoms with Gasteiger partial charge in [0.2, 0.25) is 5.89 Å². The fourth-order valence-corrected chi connectivity index (χ4v) is 3.89. The number of fused-ring (bicyclic) bond motifs is 1. The molecular weight excluding hydrogens is 464 g/mol. The molecule has 0 unspecified atom stereocenters. The highest BCUT2D eigenvalue weighted by atomic mass is 35.5. The highest BCUT2D eigenvalue weighted by Gasteiger charge is 2.25. The van der Waals surface area contributed by atoms with Crippen LogP contribution in [-0.4, -0.2) is 50.0 Å². The van der Waals surface area contributed by atoms with Gasteiger partial charge in [0.1, 0.15) is 6.26 Å². The largest absolute Gasteiger partial charge is 0.444 e. The zero-order valence-electron chi connectivity index (χ0n) is 18.1. The number of halogens is 1. The maximum Gasteiger partial charge on any atom is 0.277 e. The molecule has 0 radical (unpaired) electrons. The van der Waals surface area contributed by atoms with Crippen LogP contribution in [0, 0.1) is 6.92 Å². The van der Waals surface area contributed by atoms with Gasteiger partial charge in [0.15, 0.2) is 5.69 Å². The molecular formula is C22H25ClN6O3S. The molecule has 5 rings (SSSR count). The van der Waals surface area contributed by atoms with Crippen molar-refractivity contribution in [3.63, 3.8) is 0 Å². The number of rotatable bonds is 4. The number of benzene rings is 1. The SMILES string of the molecule is Cc1cc(-c2nc(C(=O)Nc3cc4c(cnn4C)cc3N3CC[C@H](O)C3)co2)ccn1.Cl.S. The van der Waals surface area contributed by atoms with Crippen LogP contribution in [0.3, 0.4) is 0 Å². The number of nitrogens with one attached hydrogen (secondary N) is 1. The number of hydrogen-bond donors (Lipinski definition) is 2. The Labute approximate surface area is 203 Å². The molecule has 33 heavy (non-hydrogen) atoms. The highest BCUT2D eigenvalue weighted by molar-refractivity contribution is 7.59. The normalized spacial score (nSPS) is 15.2. The van der Waals surface area contributed by atoms with E-state index in [0.717, 1.165) is 27.8 Å². The lowest BCUT2D eigenvalue weighted by Gasteiger charge is -2.22. The predicted molar refractivity (Wildman–Crippen MR) is 134 cm³/mol. The third kappa shape index (κ3) is 4.82. The second kappa shape index (κ2) is 9.82. The summed E-state index contributed by atoms with van der Waals surface area (Å²) in [5.41, 5.74) is 4.16. The smallest absolute Gasteiger partial charge is 0.277 e. The van der Waals surface area contributed by atoms with E-state index in [9.17, 15) is 9.90 Å². The van der Waals surface area contributed by atoms with Crippen molar-refractivity contribution in [3.05, 3.63) is 54.3 Å². The summed E-state index contributed by atoms with van der Waals surface area (Å²) in [4.78, 5) is 23.6. The summed E-state index contributed by atoms with van der Waals surface area (Å²) in [6, 6.07) is 7.52. The van der Waals surface area contributed by atoms with Crippen LogP contribution in [0.15, 0.2) is 47.3 Å². The first-order valence-electron chi connectivity index (χ1n) is 10.1. The Morgan fingerprint density at radius 3 is 2.85 bits per heavy atom. The van der Waals surface area contributed by atoms with Gasteiger partial charge in [-0.05, 0) is 37.6 Å². The van der Waals surface area contributed by atoms with E-state index in [1.165, 1.54) is 6.26 Å². The van der Waals surface area contributed by atoms with Crippen LogP contribution < -0.4 is 10.2 Å². The number of aliphatic hydroxyl groups excluding tert-OH is 1. The van der Waals surface area contributed by atoms with Crippen molar-refractivity contribution in [3.8, 4) is 11.5 Å². The summed E-state index contributed by atoms with van der Waals surface area (Å²) >= 11 is 0. The summed E-state index contributed by atoms with van der Waals surface area (Å²) < 4.78 is 7.29. The third-order valence-electron chi connectivity index (χ3n) is 5.50. The number of carbonyl (C=O) groups excluding carboxylic acids is 1. The number of hydrogen-bond acceptors (Lipinski definition) is 7. The van der Waals surface area contributed by atoms with Crippen molar-refractivity contribution in [2.24, 2.45) is 7.05 Å². The molecule has 1 fully saturated rings. The molecule has 4 heterocycles. The van der Waals surface area contributed by atoms with E-state index in [1.807, 2.05) is 32.2 Å². The van der Waals surface area contributed by atoms with Crippen LogP contribution in [0.5, 0.6) is 0 Å². The number of carbonyl (C=O) groups is 1. The molecule has 174 valence electrons. The first-order valence-corrected chi connectivity index (χ1v) is 10.1. The summed E-state index contributed by atoms with van der Waals surface area (Å²) in [6.07, 6.45) is 5.13. The number of oxazole rings is 1. The molecule has 11 heteroatoms. The number of β-amino-alcohol motifs (C(OH)–C–C–N with tert-alkyl or cyclic N) is 1. The highest BCUT2D eigenvalue weighted by Crippen LogP contribution is 2.34. The molecule has 3 aromatic heterocycles. The first kappa shape index (κ1) is 24.6. The monoisotopic (exact) mass is 488 g/mol. The number of aromatic nitrogens is 4. The average Bonchev–Trinajstić information content (AvgIpc) is 3.48. The minimum absolute atomic E-state index is 0. The van der Waals surface area contributed by atoms with E-state index < -0.39 is 0 Å². The average molecular weight is 489 g/mol. The van der Waals surface area contributed by atoms with Gasteiger partial charge in [-0.15, -0.1) is 12.4 Å². The van der Waals surface area contributed by atoms with Crippen molar-refractivity contribution < 1.29 is 14.3 Å². The maximum atomic E-state index is 13.0. The Hall–Kier alpha value is -3.08. The second-order valence-electron chi connectivity index (χ2n) is 7.76. The Morgan fingerprint density at radius 1 is 1.30 bits per heavy atom. The minimum atomic E-state index is -0.380. The maximum absolute atomic E-state index is 13.0. The first-order chi connectivity index (χ1) is 15.0. The Bertz CT molecular complexity index is 1290. The van der Waals surface area contributed by atoms with Crippen LogP contribution in [0.2, 0.25) is 0 Å². The van der Waals surface area contributed by atoms with E-state index in [0.29, 0.717) is 31.1 Å². The fourth-order valence-electron chi connectivity index (χ4n) is 3.89. The van der Waals surface area contributed by atoms with Gasteiger partial charge in [-0.2, -0.15) is 18.6 Å². The molecule has 9 nitrogen and oxygen atoms in total. The van der Waals surface area contributed by atoms with Crippen molar-refractivity contribution in [2.75, 3.05) is 23.3 Å². The van der Waals surface area contributed by atoms with Crippen LogP contribution in [0.1, 0.15) is 22.6 Å². The third-order valence-corrected chi connectivity index (χ3v) is 5.50. The number of aryl methyl sites for hydroxylation is 2. The molecule has 1 amide bonds. The van der Waals surface area contributed by atoms with Crippen LogP contribution in [-0.2, 0) is 7.05 Å². The van der Waals surface area contributed by atoms with E-state index in [-0.39, 0.29) is 43.6 Å². The van der Waals surface area contributed by atoms with E-state index >= 15 is 0 Å². The lowest BCUT2D eigenvalue weighted by atomic mass is 10.1. The van der Waals surface area contributed by atoms with Gasteiger partial charge in [-0.3, -0.25) is 14.5 Å². The zero-order chi connectivity index (χ0) is 21.5. The number of aliphatic hydroxyl groups is 1. The minimum Gasteiger partial charge on any atom is -0.444 e. The summed E-state index contributed by atoms with van der Waals surface area (Å²) in [7, 11) is 1.85. The zero-order valence-corrected chi connectivity index (χ0v) is 20.0. The molecule has 1 saturated heterocycles. The molecule has 2 N–H and O–H groups in total. The van der Waals surface area contributed by atoms with Gasteiger partial charge in [0.05, 0.1) is 29.2 Å². The Morgan fingerprint density at radius 2 is 2.12 bits per heavy atom. The molecule has 0 bridgehead atoms. The van der Waals surface area contributed by atoms with E-state index in [4.69, 9.17) is 4.42 Å². The van der Waals surface area contributed by atoms with Crippen molar-refractivity contribution in [2.45, 2.75) is 19.4 Å². The summed E-state index contributed by atoms with van der Waals surface area (Å²) in [6.45, 7) is 3.11.